The summed E-state index contributed by atoms with van der Waals surface area (Å²) in [7, 11) is 1.78. The van der Waals surface area contributed by atoms with Gasteiger partial charge in [0.05, 0.1) is 0 Å². The van der Waals surface area contributed by atoms with Crippen molar-refractivity contribution in [1.82, 2.24) is 30.0 Å². The first-order chi connectivity index (χ1) is 12.2. The number of piperidine rings is 1. The summed E-state index contributed by atoms with van der Waals surface area (Å²) in [4.78, 5) is 23.4. The summed E-state index contributed by atoms with van der Waals surface area (Å²) in [5.74, 6) is 1.31. The molecule has 0 aromatic carbocycles. The first-order valence-electron chi connectivity index (χ1n) is 8.94. The third-order valence-electron chi connectivity index (χ3n) is 4.69. The number of amides is 1. The van der Waals surface area contributed by atoms with Crippen LogP contribution < -0.4 is 5.32 Å². The molecule has 1 fully saturated rings. The first-order valence-corrected chi connectivity index (χ1v) is 8.94. The molecule has 1 saturated heterocycles. The molecule has 1 aliphatic heterocycles. The van der Waals surface area contributed by atoms with Crippen molar-refractivity contribution in [1.29, 1.82) is 0 Å². The molecule has 0 bridgehead atoms. The van der Waals surface area contributed by atoms with Crippen LogP contribution in [0.1, 0.15) is 41.6 Å². The number of carbonyl (C=O) groups excluding carboxylic acids is 1. The lowest BCUT2D eigenvalue weighted by atomic mass is 9.97. The fraction of sp³-hybridized carbons (Fsp3) is 0.556. The van der Waals surface area contributed by atoms with Crippen LogP contribution in [0.5, 0.6) is 0 Å². The number of aryl methyl sites for hydroxylation is 2. The van der Waals surface area contributed by atoms with Crippen molar-refractivity contribution in [3.05, 3.63) is 41.7 Å². The van der Waals surface area contributed by atoms with E-state index in [9.17, 15) is 4.79 Å². The molecular formula is C18H26N6O. The topological polar surface area (TPSA) is 75.9 Å². The van der Waals surface area contributed by atoms with E-state index in [2.05, 4.69) is 32.2 Å². The van der Waals surface area contributed by atoms with E-state index in [1.807, 2.05) is 12.4 Å². The van der Waals surface area contributed by atoms with Gasteiger partial charge < -0.3 is 5.32 Å². The van der Waals surface area contributed by atoms with E-state index < -0.39 is 0 Å². The number of rotatable bonds is 6. The Morgan fingerprint density at radius 3 is 2.84 bits per heavy atom. The van der Waals surface area contributed by atoms with E-state index in [-0.39, 0.29) is 5.91 Å². The molecule has 1 atom stereocenters. The summed E-state index contributed by atoms with van der Waals surface area (Å²) >= 11 is 0. The summed E-state index contributed by atoms with van der Waals surface area (Å²) in [6.07, 6.45) is 8.67. The molecule has 1 unspecified atom stereocenters. The largest absolute Gasteiger partial charge is 0.350 e. The van der Waals surface area contributed by atoms with Crippen LogP contribution in [0.25, 0.3) is 0 Å². The van der Waals surface area contributed by atoms with Crippen molar-refractivity contribution >= 4 is 5.91 Å². The second-order valence-electron chi connectivity index (χ2n) is 6.65. The Labute approximate surface area is 148 Å². The fourth-order valence-corrected chi connectivity index (χ4v) is 3.29. The molecule has 0 spiro atoms. The highest BCUT2D eigenvalue weighted by Crippen LogP contribution is 2.18. The molecule has 1 amide bonds. The molecule has 1 N–H and O–H groups in total. The zero-order valence-electron chi connectivity index (χ0n) is 15.0. The molecule has 2 aromatic rings. The maximum atomic E-state index is 12.2. The van der Waals surface area contributed by atoms with Gasteiger partial charge in [-0.2, -0.15) is 5.10 Å². The van der Waals surface area contributed by atoms with E-state index in [1.54, 1.807) is 24.0 Å². The number of aromatic nitrogens is 4. The minimum atomic E-state index is -0.0549. The number of nitrogens with one attached hydrogen (secondary N) is 1. The van der Waals surface area contributed by atoms with E-state index in [1.165, 1.54) is 0 Å². The van der Waals surface area contributed by atoms with E-state index in [0.29, 0.717) is 18.2 Å². The first kappa shape index (κ1) is 17.5. The van der Waals surface area contributed by atoms with Crippen LogP contribution >= 0.6 is 0 Å². The lowest BCUT2D eigenvalue weighted by Crippen LogP contribution is -2.40. The Kier molecular flexibility index (Phi) is 5.75. The van der Waals surface area contributed by atoms with Gasteiger partial charge in [0.25, 0.3) is 5.91 Å². The zero-order chi connectivity index (χ0) is 17.6. The Balaban J connectivity index is 1.49. The van der Waals surface area contributed by atoms with Gasteiger partial charge in [-0.25, -0.2) is 9.97 Å². The molecule has 7 nitrogen and oxygen atoms in total. The van der Waals surface area contributed by atoms with Crippen molar-refractivity contribution in [2.24, 2.45) is 13.0 Å². The number of nitrogens with zero attached hydrogens (tertiary/aromatic N) is 5. The summed E-state index contributed by atoms with van der Waals surface area (Å²) in [6.45, 7) is 5.70. The lowest BCUT2D eigenvalue weighted by molar-refractivity contribution is 0.0921. The molecule has 0 saturated carbocycles. The van der Waals surface area contributed by atoms with Crippen molar-refractivity contribution in [3.8, 4) is 0 Å². The number of hydrogen-bond donors (Lipinski definition) is 1. The predicted octanol–water partition coefficient (Wildman–Crippen LogP) is 1.41. The summed E-state index contributed by atoms with van der Waals surface area (Å²) < 4.78 is 1.60. The third-order valence-corrected chi connectivity index (χ3v) is 4.69. The zero-order valence-corrected chi connectivity index (χ0v) is 15.0. The minimum Gasteiger partial charge on any atom is -0.350 e. The molecule has 0 radical (unpaired) electrons. The molecule has 7 heteroatoms. The lowest BCUT2D eigenvalue weighted by Gasteiger charge is -2.32. The fourth-order valence-electron chi connectivity index (χ4n) is 3.29. The van der Waals surface area contributed by atoms with Crippen LogP contribution in [0.15, 0.2) is 24.7 Å². The van der Waals surface area contributed by atoms with Gasteiger partial charge in [0, 0.05) is 57.3 Å². The molecule has 0 aliphatic carbocycles. The highest BCUT2D eigenvalue weighted by molar-refractivity contribution is 5.92. The van der Waals surface area contributed by atoms with Crippen molar-refractivity contribution in [2.75, 3.05) is 19.6 Å². The van der Waals surface area contributed by atoms with E-state index in [4.69, 9.17) is 0 Å². The Morgan fingerprint density at radius 2 is 2.16 bits per heavy atom. The summed E-state index contributed by atoms with van der Waals surface area (Å²) in [6, 6.07) is 1.74. The van der Waals surface area contributed by atoms with Gasteiger partial charge in [0.2, 0.25) is 0 Å². The standard InChI is InChI=1S/C18H26N6O/c1-3-17-19-10-15(11-20-17)13-24-8-4-5-14(12-24)9-21-18(25)16-6-7-22-23(16)2/h6-7,10-11,14H,3-5,8-9,12-13H2,1-2H3,(H,21,25). The van der Waals surface area contributed by atoms with Gasteiger partial charge >= 0.3 is 0 Å². The van der Waals surface area contributed by atoms with Gasteiger partial charge in [-0.15, -0.1) is 0 Å². The average Bonchev–Trinajstić information content (AvgIpc) is 3.07. The Morgan fingerprint density at radius 1 is 1.36 bits per heavy atom. The summed E-state index contributed by atoms with van der Waals surface area (Å²) in [5, 5.41) is 7.08. The monoisotopic (exact) mass is 342 g/mol. The molecule has 134 valence electrons. The van der Waals surface area contributed by atoms with E-state index >= 15 is 0 Å². The number of likely N-dealkylation sites (tertiary alicyclic amines) is 1. The minimum absolute atomic E-state index is 0.0549. The number of hydrogen-bond acceptors (Lipinski definition) is 5. The van der Waals surface area contributed by atoms with Gasteiger partial charge in [-0.3, -0.25) is 14.4 Å². The smallest absolute Gasteiger partial charge is 0.269 e. The molecule has 25 heavy (non-hydrogen) atoms. The van der Waals surface area contributed by atoms with Gasteiger partial charge in [0.1, 0.15) is 11.5 Å². The van der Waals surface area contributed by atoms with Gasteiger partial charge in [-0.05, 0) is 31.4 Å². The van der Waals surface area contributed by atoms with E-state index in [0.717, 1.165) is 50.3 Å². The highest BCUT2D eigenvalue weighted by atomic mass is 16.2. The maximum Gasteiger partial charge on any atom is 0.269 e. The SMILES string of the molecule is CCc1ncc(CN2CCCC(CNC(=O)c3ccnn3C)C2)cn1. The van der Waals surface area contributed by atoms with Crippen LogP contribution in [0.2, 0.25) is 0 Å². The second-order valence-corrected chi connectivity index (χ2v) is 6.65. The van der Waals surface area contributed by atoms with Crippen LogP contribution in [0.4, 0.5) is 0 Å². The predicted molar refractivity (Wildman–Crippen MR) is 95.0 cm³/mol. The molecular weight excluding hydrogens is 316 g/mol. The maximum absolute atomic E-state index is 12.2. The Hall–Kier alpha value is -2.28. The van der Waals surface area contributed by atoms with Crippen molar-refractivity contribution in [3.63, 3.8) is 0 Å². The van der Waals surface area contributed by atoms with Crippen molar-refractivity contribution < 1.29 is 4.79 Å². The summed E-state index contributed by atoms with van der Waals surface area (Å²) in [5.41, 5.74) is 1.75. The highest BCUT2D eigenvalue weighted by Gasteiger charge is 2.21. The Bertz CT molecular complexity index is 696. The second kappa shape index (κ2) is 8.20. The molecule has 1 aliphatic rings. The van der Waals surface area contributed by atoms with Crippen LogP contribution in [-0.4, -0.2) is 50.2 Å². The molecule has 2 aromatic heterocycles. The number of carbonyl (C=O) groups is 1. The average molecular weight is 342 g/mol. The van der Waals surface area contributed by atoms with Gasteiger partial charge in [-0.1, -0.05) is 6.92 Å². The molecule has 3 heterocycles. The van der Waals surface area contributed by atoms with Crippen LogP contribution in [-0.2, 0) is 20.0 Å². The van der Waals surface area contributed by atoms with Crippen LogP contribution in [0.3, 0.4) is 0 Å². The van der Waals surface area contributed by atoms with Crippen molar-refractivity contribution in [2.45, 2.75) is 32.7 Å². The van der Waals surface area contributed by atoms with Gasteiger partial charge in [0.15, 0.2) is 0 Å². The van der Waals surface area contributed by atoms with Crippen LogP contribution in [0, 0.1) is 5.92 Å². The quantitative estimate of drug-likeness (QED) is 0.859. The molecule has 3 rings (SSSR count). The third kappa shape index (κ3) is 4.63. The normalized spacial score (nSPS) is 18.2.